The Morgan fingerprint density at radius 3 is 2.47 bits per heavy atom. The molecule has 1 aromatic carbocycles. The number of nitrogens with two attached hydrogens (primary N) is 1. The third kappa shape index (κ3) is 5.33. The summed E-state index contributed by atoms with van der Waals surface area (Å²) in [5, 5.41) is 0. The predicted octanol–water partition coefficient (Wildman–Crippen LogP) is 4.21. The molecular weight excluding hydrogens is 238 g/mol. The number of benzene rings is 1. The number of carbonyl (C=O) groups is 1. The highest BCUT2D eigenvalue weighted by atomic mass is 16.5. The van der Waals surface area contributed by atoms with E-state index in [-0.39, 0.29) is 5.78 Å². The molecule has 0 amide bonds. The van der Waals surface area contributed by atoms with Crippen LogP contribution in [-0.4, -0.2) is 12.9 Å². The standard InChI is InChI=1S/C16H25NO2/c1-3-4-5-6-7-8-9-16(18)14-11-10-13(19-2)12-15(14)17/h10-12H,3-9,17H2,1-2H3. The molecule has 0 aliphatic rings. The lowest BCUT2D eigenvalue weighted by molar-refractivity contribution is 0.0980. The summed E-state index contributed by atoms with van der Waals surface area (Å²) < 4.78 is 5.07. The molecule has 0 aliphatic heterocycles. The minimum Gasteiger partial charge on any atom is -0.497 e. The van der Waals surface area contributed by atoms with Gasteiger partial charge in [-0.25, -0.2) is 0 Å². The number of rotatable bonds is 9. The zero-order valence-electron chi connectivity index (χ0n) is 12.1. The quantitative estimate of drug-likeness (QED) is 0.412. The van der Waals surface area contributed by atoms with Gasteiger partial charge in [-0.05, 0) is 18.6 Å². The van der Waals surface area contributed by atoms with Gasteiger partial charge < -0.3 is 10.5 Å². The molecule has 0 unspecified atom stereocenters. The van der Waals surface area contributed by atoms with E-state index < -0.39 is 0 Å². The van der Waals surface area contributed by atoms with E-state index in [2.05, 4.69) is 6.92 Å². The Morgan fingerprint density at radius 1 is 1.16 bits per heavy atom. The first-order valence-corrected chi connectivity index (χ1v) is 7.15. The first kappa shape index (κ1) is 15.5. The van der Waals surface area contributed by atoms with Gasteiger partial charge in [0, 0.05) is 23.7 Å². The average Bonchev–Trinajstić information content (AvgIpc) is 2.42. The molecule has 0 saturated heterocycles. The first-order valence-electron chi connectivity index (χ1n) is 7.15. The molecule has 0 atom stereocenters. The minimum atomic E-state index is 0.135. The van der Waals surface area contributed by atoms with Crippen molar-refractivity contribution in [3.05, 3.63) is 23.8 Å². The molecule has 0 fully saturated rings. The van der Waals surface area contributed by atoms with Gasteiger partial charge in [0.25, 0.3) is 0 Å². The van der Waals surface area contributed by atoms with Crippen LogP contribution in [0, 0.1) is 0 Å². The Morgan fingerprint density at radius 2 is 1.84 bits per heavy atom. The van der Waals surface area contributed by atoms with Crippen molar-refractivity contribution < 1.29 is 9.53 Å². The predicted molar refractivity (Wildman–Crippen MR) is 79.7 cm³/mol. The molecule has 0 spiro atoms. The lowest BCUT2D eigenvalue weighted by Gasteiger charge is -2.07. The number of hydrogen-bond donors (Lipinski definition) is 1. The van der Waals surface area contributed by atoms with E-state index >= 15 is 0 Å². The zero-order valence-corrected chi connectivity index (χ0v) is 12.1. The molecule has 19 heavy (non-hydrogen) atoms. The van der Waals surface area contributed by atoms with Crippen LogP contribution in [0.15, 0.2) is 18.2 Å². The second kappa shape index (κ2) is 8.57. The van der Waals surface area contributed by atoms with Gasteiger partial charge in [-0.15, -0.1) is 0 Å². The summed E-state index contributed by atoms with van der Waals surface area (Å²) in [6.45, 7) is 2.20. The van der Waals surface area contributed by atoms with Crippen LogP contribution in [0.1, 0.15) is 62.2 Å². The summed E-state index contributed by atoms with van der Waals surface area (Å²) in [4.78, 5) is 12.0. The van der Waals surface area contributed by atoms with Crippen LogP contribution in [0.4, 0.5) is 5.69 Å². The molecule has 0 heterocycles. The number of Topliss-reactive ketones (excluding diaryl/α,β-unsaturated/α-hetero) is 1. The topological polar surface area (TPSA) is 52.3 Å². The number of carbonyl (C=O) groups excluding carboxylic acids is 1. The van der Waals surface area contributed by atoms with Crippen molar-refractivity contribution in [2.24, 2.45) is 0 Å². The van der Waals surface area contributed by atoms with Gasteiger partial charge in [-0.2, -0.15) is 0 Å². The van der Waals surface area contributed by atoms with Crippen molar-refractivity contribution >= 4 is 11.5 Å². The maximum atomic E-state index is 12.0. The molecule has 1 aromatic rings. The highest BCUT2D eigenvalue weighted by Crippen LogP contribution is 2.21. The fourth-order valence-electron chi connectivity index (χ4n) is 2.12. The highest BCUT2D eigenvalue weighted by molar-refractivity contribution is 6.00. The number of methoxy groups -OCH3 is 1. The summed E-state index contributed by atoms with van der Waals surface area (Å²) in [5.74, 6) is 0.823. The van der Waals surface area contributed by atoms with Crippen molar-refractivity contribution in [1.29, 1.82) is 0 Å². The number of anilines is 1. The van der Waals surface area contributed by atoms with E-state index in [9.17, 15) is 4.79 Å². The molecule has 0 bridgehead atoms. The zero-order chi connectivity index (χ0) is 14.1. The fourth-order valence-corrected chi connectivity index (χ4v) is 2.12. The van der Waals surface area contributed by atoms with E-state index in [0.717, 1.165) is 12.8 Å². The molecule has 2 N–H and O–H groups in total. The Labute approximate surface area is 116 Å². The fraction of sp³-hybridized carbons (Fsp3) is 0.562. The average molecular weight is 263 g/mol. The number of unbranched alkanes of at least 4 members (excludes halogenated alkanes) is 5. The lowest BCUT2D eigenvalue weighted by atomic mass is 10.0. The molecule has 3 heteroatoms. The van der Waals surface area contributed by atoms with Crippen LogP contribution in [-0.2, 0) is 0 Å². The Balaban J connectivity index is 2.37. The van der Waals surface area contributed by atoms with Crippen LogP contribution < -0.4 is 10.5 Å². The van der Waals surface area contributed by atoms with E-state index in [1.807, 2.05) is 0 Å². The number of ether oxygens (including phenoxy) is 1. The minimum absolute atomic E-state index is 0.135. The molecule has 0 aliphatic carbocycles. The van der Waals surface area contributed by atoms with Crippen LogP contribution in [0.3, 0.4) is 0 Å². The van der Waals surface area contributed by atoms with Gasteiger partial charge in [0.1, 0.15) is 5.75 Å². The highest BCUT2D eigenvalue weighted by Gasteiger charge is 2.10. The molecule has 0 saturated carbocycles. The molecular formula is C16H25NO2. The SMILES string of the molecule is CCCCCCCCC(=O)c1ccc(OC)cc1N. The van der Waals surface area contributed by atoms with Gasteiger partial charge in [0.15, 0.2) is 5.78 Å². The van der Waals surface area contributed by atoms with Crippen molar-refractivity contribution in [2.45, 2.75) is 51.9 Å². The Bertz CT molecular complexity index is 402. The number of ketones is 1. The van der Waals surface area contributed by atoms with Crippen molar-refractivity contribution in [3.8, 4) is 5.75 Å². The van der Waals surface area contributed by atoms with Crippen LogP contribution in [0.25, 0.3) is 0 Å². The van der Waals surface area contributed by atoms with Gasteiger partial charge in [-0.3, -0.25) is 4.79 Å². The first-order chi connectivity index (χ1) is 9.19. The largest absolute Gasteiger partial charge is 0.497 e. The molecule has 0 aromatic heterocycles. The molecule has 106 valence electrons. The van der Waals surface area contributed by atoms with E-state index in [1.54, 1.807) is 25.3 Å². The van der Waals surface area contributed by atoms with Crippen molar-refractivity contribution in [1.82, 2.24) is 0 Å². The Kier molecular flexibility index (Phi) is 7.01. The van der Waals surface area contributed by atoms with Gasteiger partial charge >= 0.3 is 0 Å². The Hall–Kier alpha value is -1.51. The van der Waals surface area contributed by atoms with Gasteiger partial charge in [0.05, 0.1) is 7.11 Å². The molecule has 1 rings (SSSR count). The summed E-state index contributed by atoms with van der Waals surface area (Å²) in [6.07, 6.45) is 7.70. The van der Waals surface area contributed by atoms with Crippen LogP contribution in [0.2, 0.25) is 0 Å². The second-order valence-electron chi connectivity index (χ2n) is 4.89. The van der Waals surface area contributed by atoms with Crippen molar-refractivity contribution in [2.75, 3.05) is 12.8 Å². The van der Waals surface area contributed by atoms with Crippen LogP contribution >= 0.6 is 0 Å². The van der Waals surface area contributed by atoms with Crippen LogP contribution in [0.5, 0.6) is 5.75 Å². The number of hydrogen-bond acceptors (Lipinski definition) is 3. The van der Waals surface area contributed by atoms with E-state index in [4.69, 9.17) is 10.5 Å². The lowest BCUT2D eigenvalue weighted by Crippen LogP contribution is -2.04. The van der Waals surface area contributed by atoms with Gasteiger partial charge in [-0.1, -0.05) is 39.0 Å². The summed E-state index contributed by atoms with van der Waals surface area (Å²) >= 11 is 0. The summed E-state index contributed by atoms with van der Waals surface area (Å²) in [5.41, 5.74) is 7.00. The second-order valence-corrected chi connectivity index (χ2v) is 4.89. The maximum absolute atomic E-state index is 12.0. The normalized spacial score (nSPS) is 10.4. The summed E-state index contributed by atoms with van der Waals surface area (Å²) in [7, 11) is 1.59. The molecule has 0 radical (unpaired) electrons. The van der Waals surface area contributed by atoms with Crippen molar-refractivity contribution in [3.63, 3.8) is 0 Å². The van der Waals surface area contributed by atoms with Gasteiger partial charge in [0.2, 0.25) is 0 Å². The summed E-state index contributed by atoms with van der Waals surface area (Å²) in [6, 6.07) is 5.24. The monoisotopic (exact) mass is 263 g/mol. The van der Waals surface area contributed by atoms with E-state index in [0.29, 0.717) is 23.4 Å². The third-order valence-electron chi connectivity index (χ3n) is 3.32. The number of nitrogen functional groups attached to an aromatic ring is 1. The molecule has 3 nitrogen and oxygen atoms in total. The van der Waals surface area contributed by atoms with E-state index in [1.165, 1.54) is 25.7 Å². The smallest absolute Gasteiger partial charge is 0.164 e. The maximum Gasteiger partial charge on any atom is 0.164 e. The third-order valence-corrected chi connectivity index (χ3v) is 3.32.